The van der Waals surface area contributed by atoms with Gasteiger partial charge in [-0.1, -0.05) is 19.9 Å². The second kappa shape index (κ2) is 12.0. The number of esters is 1. The van der Waals surface area contributed by atoms with Gasteiger partial charge in [0.2, 0.25) is 5.91 Å². The van der Waals surface area contributed by atoms with Crippen molar-refractivity contribution in [3.05, 3.63) is 29.8 Å². The minimum Gasteiger partial charge on any atom is -0.493 e. The van der Waals surface area contributed by atoms with E-state index < -0.39 is 0 Å². The normalized spacial score (nSPS) is 10.9. The minimum atomic E-state index is -0.322. The van der Waals surface area contributed by atoms with Gasteiger partial charge in [-0.2, -0.15) is 0 Å². The van der Waals surface area contributed by atoms with Gasteiger partial charge in [0.1, 0.15) is 0 Å². The standard InChI is InChI=1S/C21H31NO5/c1-6-27-18-9-7-17(15-19(18)25-4)8-10-20(23)22(13-11-16(2)3)14-12-21(24)26-5/h7-10,15-16H,6,11-14H2,1-5H3/b10-8+. The molecule has 0 radical (unpaired) electrons. The van der Waals surface area contributed by atoms with E-state index in [-0.39, 0.29) is 18.3 Å². The first-order valence-electron chi connectivity index (χ1n) is 9.25. The summed E-state index contributed by atoms with van der Waals surface area (Å²) in [6.45, 7) is 7.61. The zero-order chi connectivity index (χ0) is 20.2. The number of rotatable bonds is 11. The van der Waals surface area contributed by atoms with Crippen LogP contribution in [0.4, 0.5) is 0 Å². The topological polar surface area (TPSA) is 65.1 Å². The molecule has 1 aromatic rings. The third-order valence-corrected chi connectivity index (χ3v) is 4.01. The third-order valence-electron chi connectivity index (χ3n) is 4.01. The van der Waals surface area contributed by atoms with Gasteiger partial charge in [-0.25, -0.2) is 0 Å². The number of methoxy groups -OCH3 is 2. The van der Waals surface area contributed by atoms with Gasteiger partial charge >= 0.3 is 5.97 Å². The first kappa shape index (κ1) is 22.5. The van der Waals surface area contributed by atoms with Crippen LogP contribution in [0.3, 0.4) is 0 Å². The molecular formula is C21H31NO5. The highest BCUT2D eigenvalue weighted by atomic mass is 16.5. The van der Waals surface area contributed by atoms with E-state index in [1.165, 1.54) is 13.2 Å². The number of amides is 1. The maximum absolute atomic E-state index is 12.6. The van der Waals surface area contributed by atoms with Crippen LogP contribution in [-0.2, 0) is 14.3 Å². The third kappa shape index (κ3) is 8.15. The molecule has 0 fully saturated rings. The van der Waals surface area contributed by atoms with Crippen LogP contribution in [0.15, 0.2) is 24.3 Å². The van der Waals surface area contributed by atoms with Crippen molar-refractivity contribution in [1.29, 1.82) is 0 Å². The molecule has 6 nitrogen and oxygen atoms in total. The Labute approximate surface area is 162 Å². The van der Waals surface area contributed by atoms with Crippen molar-refractivity contribution in [2.24, 2.45) is 5.92 Å². The van der Waals surface area contributed by atoms with Gasteiger partial charge in [0.05, 0.1) is 27.2 Å². The van der Waals surface area contributed by atoms with E-state index in [9.17, 15) is 9.59 Å². The van der Waals surface area contributed by atoms with E-state index >= 15 is 0 Å². The lowest BCUT2D eigenvalue weighted by Crippen LogP contribution is -2.33. The molecule has 0 saturated carbocycles. The van der Waals surface area contributed by atoms with E-state index in [2.05, 4.69) is 18.6 Å². The zero-order valence-corrected chi connectivity index (χ0v) is 17.0. The summed E-state index contributed by atoms with van der Waals surface area (Å²) in [4.78, 5) is 25.7. The van der Waals surface area contributed by atoms with Crippen molar-refractivity contribution in [3.8, 4) is 11.5 Å². The molecule has 0 heterocycles. The maximum Gasteiger partial charge on any atom is 0.307 e. The van der Waals surface area contributed by atoms with E-state index in [0.717, 1.165) is 12.0 Å². The summed E-state index contributed by atoms with van der Waals surface area (Å²) in [6, 6.07) is 5.51. The van der Waals surface area contributed by atoms with Gasteiger partial charge in [0.25, 0.3) is 0 Å². The highest BCUT2D eigenvalue weighted by molar-refractivity contribution is 5.92. The molecule has 27 heavy (non-hydrogen) atoms. The predicted molar refractivity (Wildman–Crippen MR) is 106 cm³/mol. The van der Waals surface area contributed by atoms with Crippen molar-refractivity contribution in [3.63, 3.8) is 0 Å². The number of carbonyl (C=O) groups is 2. The van der Waals surface area contributed by atoms with Crippen molar-refractivity contribution < 1.29 is 23.8 Å². The molecule has 150 valence electrons. The molecule has 6 heteroatoms. The Hall–Kier alpha value is -2.50. The lowest BCUT2D eigenvalue weighted by Gasteiger charge is -2.21. The Kier molecular flexibility index (Phi) is 10.0. The van der Waals surface area contributed by atoms with Gasteiger partial charge in [-0.15, -0.1) is 0 Å². The average Bonchev–Trinajstić information content (AvgIpc) is 2.66. The van der Waals surface area contributed by atoms with Crippen molar-refractivity contribution in [2.75, 3.05) is 33.9 Å². The van der Waals surface area contributed by atoms with Gasteiger partial charge in [-0.3, -0.25) is 9.59 Å². The minimum absolute atomic E-state index is 0.132. The zero-order valence-electron chi connectivity index (χ0n) is 17.0. The molecule has 1 aromatic carbocycles. The lowest BCUT2D eigenvalue weighted by atomic mass is 10.1. The van der Waals surface area contributed by atoms with E-state index in [4.69, 9.17) is 9.47 Å². The summed E-state index contributed by atoms with van der Waals surface area (Å²) in [6.07, 6.45) is 4.32. The van der Waals surface area contributed by atoms with Crippen LogP contribution in [0, 0.1) is 5.92 Å². The van der Waals surface area contributed by atoms with Crippen LogP contribution in [0.1, 0.15) is 39.2 Å². The predicted octanol–water partition coefficient (Wildman–Crippen LogP) is 3.54. The number of benzene rings is 1. The Morgan fingerprint density at radius 2 is 1.89 bits per heavy atom. The lowest BCUT2D eigenvalue weighted by molar-refractivity contribution is -0.141. The van der Waals surface area contributed by atoms with Crippen molar-refractivity contribution >= 4 is 18.0 Å². The Bertz CT molecular complexity index is 639. The second-order valence-electron chi connectivity index (χ2n) is 6.51. The second-order valence-corrected chi connectivity index (χ2v) is 6.51. The van der Waals surface area contributed by atoms with Crippen molar-refractivity contribution in [2.45, 2.75) is 33.6 Å². The molecule has 0 spiro atoms. The maximum atomic E-state index is 12.6. The molecule has 0 saturated heterocycles. The number of hydrogen-bond donors (Lipinski definition) is 0. The molecule has 0 unspecified atom stereocenters. The fraction of sp³-hybridized carbons (Fsp3) is 0.524. The molecular weight excluding hydrogens is 346 g/mol. The van der Waals surface area contributed by atoms with Crippen LogP contribution >= 0.6 is 0 Å². The molecule has 0 aliphatic heterocycles. The highest BCUT2D eigenvalue weighted by Crippen LogP contribution is 2.28. The molecule has 0 aliphatic rings. The number of ether oxygens (including phenoxy) is 3. The van der Waals surface area contributed by atoms with Gasteiger partial charge in [-0.05, 0) is 43.0 Å². The first-order valence-corrected chi connectivity index (χ1v) is 9.25. The summed E-state index contributed by atoms with van der Waals surface area (Å²) in [5.41, 5.74) is 0.834. The molecule has 0 bridgehead atoms. The SMILES string of the molecule is CCOc1ccc(/C=C/C(=O)N(CCC(=O)OC)CCC(C)C)cc1OC. The monoisotopic (exact) mass is 377 g/mol. The molecule has 1 rings (SSSR count). The number of carbonyl (C=O) groups excluding carboxylic acids is 2. The van der Waals surface area contributed by atoms with Crippen LogP contribution < -0.4 is 9.47 Å². The fourth-order valence-corrected chi connectivity index (χ4v) is 2.41. The van der Waals surface area contributed by atoms with Crippen LogP contribution in [0.25, 0.3) is 6.08 Å². The Morgan fingerprint density at radius 1 is 1.15 bits per heavy atom. The molecule has 0 atom stereocenters. The average molecular weight is 377 g/mol. The van der Waals surface area contributed by atoms with E-state index in [0.29, 0.717) is 37.1 Å². The Morgan fingerprint density at radius 3 is 2.48 bits per heavy atom. The van der Waals surface area contributed by atoms with E-state index in [1.54, 1.807) is 18.1 Å². The smallest absolute Gasteiger partial charge is 0.307 e. The van der Waals surface area contributed by atoms with E-state index in [1.807, 2.05) is 25.1 Å². The van der Waals surface area contributed by atoms with Gasteiger partial charge < -0.3 is 19.1 Å². The van der Waals surface area contributed by atoms with Crippen molar-refractivity contribution in [1.82, 2.24) is 4.90 Å². The molecule has 1 amide bonds. The van der Waals surface area contributed by atoms with Crippen LogP contribution in [0.5, 0.6) is 11.5 Å². The molecule has 0 aromatic heterocycles. The summed E-state index contributed by atoms with van der Waals surface area (Å²) in [5, 5.41) is 0. The first-order chi connectivity index (χ1) is 12.9. The fourth-order valence-electron chi connectivity index (χ4n) is 2.41. The summed E-state index contributed by atoms with van der Waals surface area (Å²) < 4.78 is 15.5. The Balaban J connectivity index is 2.83. The summed E-state index contributed by atoms with van der Waals surface area (Å²) in [7, 11) is 2.93. The molecule has 0 aliphatic carbocycles. The highest BCUT2D eigenvalue weighted by Gasteiger charge is 2.14. The van der Waals surface area contributed by atoms with Crippen LogP contribution in [0.2, 0.25) is 0 Å². The molecule has 0 N–H and O–H groups in total. The van der Waals surface area contributed by atoms with Gasteiger partial charge in [0.15, 0.2) is 11.5 Å². The largest absolute Gasteiger partial charge is 0.493 e. The number of hydrogen-bond acceptors (Lipinski definition) is 5. The van der Waals surface area contributed by atoms with Crippen LogP contribution in [-0.4, -0.2) is 50.7 Å². The summed E-state index contributed by atoms with van der Waals surface area (Å²) in [5.74, 6) is 1.30. The quantitative estimate of drug-likeness (QED) is 0.436. The summed E-state index contributed by atoms with van der Waals surface area (Å²) >= 11 is 0. The van der Waals surface area contributed by atoms with Gasteiger partial charge in [0, 0.05) is 19.2 Å². The number of nitrogens with zero attached hydrogens (tertiary/aromatic N) is 1.